The zero-order valence-electron chi connectivity index (χ0n) is 8.72. The number of rotatable bonds is 5. The molecule has 0 spiro atoms. The van der Waals surface area contributed by atoms with Crippen molar-refractivity contribution in [2.75, 3.05) is 6.61 Å². The third kappa shape index (κ3) is 3.07. The van der Waals surface area contributed by atoms with E-state index >= 15 is 0 Å². The van der Waals surface area contributed by atoms with Gasteiger partial charge in [-0.2, -0.15) is 0 Å². The summed E-state index contributed by atoms with van der Waals surface area (Å²) in [6, 6.07) is 2.07. The molecule has 0 aliphatic carbocycles. The van der Waals surface area contributed by atoms with Gasteiger partial charge in [0.15, 0.2) is 0 Å². The molecule has 1 atom stereocenters. The molecular weight excluding hydrogens is 260 g/mol. The summed E-state index contributed by atoms with van der Waals surface area (Å²) in [5, 5.41) is 11.5. The van der Waals surface area contributed by atoms with Crippen molar-refractivity contribution in [3.05, 3.63) is 20.8 Å². The molecule has 0 amide bonds. The summed E-state index contributed by atoms with van der Waals surface area (Å²) in [5.41, 5.74) is 0.0438. The predicted octanol–water partition coefficient (Wildman–Crippen LogP) is 3.85. The highest BCUT2D eigenvalue weighted by Crippen LogP contribution is 2.33. The first-order chi connectivity index (χ1) is 6.61. The van der Waals surface area contributed by atoms with Gasteiger partial charge in [-0.05, 0) is 45.6 Å². The highest BCUT2D eigenvalue weighted by atomic mass is 79.9. The summed E-state index contributed by atoms with van der Waals surface area (Å²) in [5.74, 6) is 0. The van der Waals surface area contributed by atoms with Crippen LogP contribution in [0.1, 0.15) is 31.6 Å². The number of aliphatic hydroxyl groups excluding tert-OH is 1. The Kier molecular flexibility index (Phi) is 4.61. The Morgan fingerprint density at radius 1 is 1.57 bits per heavy atom. The van der Waals surface area contributed by atoms with Crippen molar-refractivity contribution in [3.8, 4) is 0 Å². The summed E-state index contributed by atoms with van der Waals surface area (Å²) in [6.45, 7) is 4.59. The lowest BCUT2D eigenvalue weighted by Gasteiger charge is -2.26. The number of halogens is 1. The Morgan fingerprint density at radius 3 is 2.71 bits per heavy atom. The van der Waals surface area contributed by atoms with Gasteiger partial charge in [0, 0.05) is 16.0 Å². The predicted molar refractivity (Wildman–Crippen MR) is 65.8 cm³/mol. The largest absolute Gasteiger partial charge is 0.396 e. The summed E-state index contributed by atoms with van der Waals surface area (Å²) in [7, 11) is 0. The molecule has 1 nitrogen and oxygen atoms in total. The van der Waals surface area contributed by atoms with Gasteiger partial charge < -0.3 is 5.11 Å². The second-order valence-corrected chi connectivity index (χ2v) is 5.94. The van der Waals surface area contributed by atoms with Crippen molar-refractivity contribution in [1.82, 2.24) is 0 Å². The van der Waals surface area contributed by atoms with Gasteiger partial charge in [-0.3, -0.25) is 0 Å². The van der Waals surface area contributed by atoms with Crippen LogP contribution in [0.2, 0.25) is 0 Å². The van der Waals surface area contributed by atoms with E-state index in [2.05, 4.69) is 41.2 Å². The number of aliphatic hydroxyl groups is 1. The zero-order chi connectivity index (χ0) is 10.6. The molecule has 0 aromatic carbocycles. The molecule has 0 aliphatic rings. The monoisotopic (exact) mass is 276 g/mol. The maximum Gasteiger partial charge on any atom is 0.0488 e. The molecule has 1 aromatic rings. The normalized spacial score (nSPS) is 15.4. The Bertz CT molecular complexity index is 285. The maximum atomic E-state index is 9.40. The Morgan fingerprint density at radius 2 is 2.29 bits per heavy atom. The average molecular weight is 277 g/mol. The fraction of sp³-hybridized carbons (Fsp3) is 0.636. The maximum absolute atomic E-state index is 9.40. The van der Waals surface area contributed by atoms with Gasteiger partial charge in [-0.1, -0.05) is 20.3 Å². The molecule has 0 radical (unpaired) electrons. The van der Waals surface area contributed by atoms with Gasteiger partial charge in [-0.25, -0.2) is 0 Å². The second kappa shape index (κ2) is 5.29. The van der Waals surface area contributed by atoms with Gasteiger partial charge in [0.1, 0.15) is 0 Å². The average Bonchev–Trinajstić information content (AvgIpc) is 2.52. The van der Waals surface area contributed by atoms with Crippen molar-refractivity contribution in [2.24, 2.45) is 5.41 Å². The van der Waals surface area contributed by atoms with Crippen LogP contribution in [0, 0.1) is 5.41 Å². The van der Waals surface area contributed by atoms with Crippen molar-refractivity contribution >= 4 is 27.3 Å². The highest BCUT2D eigenvalue weighted by Gasteiger charge is 2.24. The van der Waals surface area contributed by atoms with Crippen molar-refractivity contribution < 1.29 is 5.11 Å². The molecule has 3 heteroatoms. The van der Waals surface area contributed by atoms with Crippen molar-refractivity contribution in [3.63, 3.8) is 0 Å². The zero-order valence-corrected chi connectivity index (χ0v) is 11.1. The molecule has 0 saturated carbocycles. The van der Waals surface area contributed by atoms with Gasteiger partial charge >= 0.3 is 0 Å². The van der Waals surface area contributed by atoms with Crippen LogP contribution in [0.15, 0.2) is 15.9 Å². The summed E-state index contributed by atoms with van der Waals surface area (Å²) in [4.78, 5) is 1.34. The van der Waals surface area contributed by atoms with Crippen LogP contribution >= 0.6 is 27.3 Å². The molecule has 1 aromatic heterocycles. The Labute approximate surface area is 98.3 Å². The quantitative estimate of drug-likeness (QED) is 0.866. The standard InChI is InChI=1S/C11H17BrOS/c1-3-5-11(2,8-13)7-10-9(12)4-6-14-10/h4,6,13H,3,5,7-8H2,1-2H3. The fourth-order valence-corrected chi connectivity index (χ4v) is 3.37. The minimum absolute atomic E-state index is 0.0438. The smallest absolute Gasteiger partial charge is 0.0488 e. The summed E-state index contributed by atoms with van der Waals surface area (Å²) >= 11 is 5.29. The van der Waals surface area contributed by atoms with Crippen LogP contribution in [0.4, 0.5) is 0 Å². The van der Waals surface area contributed by atoms with Crippen LogP contribution < -0.4 is 0 Å². The van der Waals surface area contributed by atoms with Gasteiger partial charge in [0.05, 0.1) is 0 Å². The molecule has 0 bridgehead atoms. The highest BCUT2D eigenvalue weighted by molar-refractivity contribution is 9.10. The summed E-state index contributed by atoms with van der Waals surface area (Å²) in [6.07, 6.45) is 3.17. The minimum Gasteiger partial charge on any atom is -0.396 e. The van der Waals surface area contributed by atoms with Gasteiger partial charge in [0.2, 0.25) is 0 Å². The van der Waals surface area contributed by atoms with E-state index < -0.39 is 0 Å². The first kappa shape index (κ1) is 12.2. The second-order valence-electron chi connectivity index (χ2n) is 4.09. The van der Waals surface area contributed by atoms with E-state index in [-0.39, 0.29) is 12.0 Å². The van der Waals surface area contributed by atoms with E-state index in [1.54, 1.807) is 11.3 Å². The molecule has 1 N–H and O–H groups in total. The van der Waals surface area contributed by atoms with Crippen molar-refractivity contribution in [1.29, 1.82) is 0 Å². The van der Waals surface area contributed by atoms with Crippen molar-refractivity contribution in [2.45, 2.75) is 33.1 Å². The van der Waals surface area contributed by atoms with Crippen LogP contribution in [0.5, 0.6) is 0 Å². The molecular formula is C11H17BrOS. The van der Waals surface area contributed by atoms with E-state index in [0.717, 1.165) is 19.3 Å². The van der Waals surface area contributed by atoms with E-state index in [1.807, 2.05) is 0 Å². The minimum atomic E-state index is 0.0438. The third-order valence-corrected chi connectivity index (χ3v) is 4.44. The van der Waals surface area contributed by atoms with Gasteiger partial charge in [0.25, 0.3) is 0 Å². The van der Waals surface area contributed by atoms with E-state index in [0.29, 0.717) is 0 Å². The number of hydrogen-bond acceptors (Lipinski definition) is 2. The molecule has 14 heavy (non-hydrogen) atoms. The van der Waals surface area contributed by atoms with Crippen LogP contribution in [-0.2, 0) is 6.42 Å². The van der Waals surface area contributed by atoms with E-state index in [1.165, 1.54) is 9.35 Å². The summed E-state index contributed by atoms with van der Waals surface area (Å²) < 4.78 is 1.18. The van der Waals surface area contributed by atoms with Gasteiger partial charge in [-0.15, -0.1) is 11.3 Å². The number of hydrogen-bond donors (Lipinski definition) is 1. The Balaban J connectivity index is 2.69. The molecule has 1 rings (SSSR count). The van der Waals surface area contributed by atoms with E-state index in [4.69, 9.17) is 0 Å². The molecule has 1 unspecified atom stereocenters. The number of thiophene rings is 1. The first-order valence-corrected chi connectivity index (χ1v) is 6.61. The SMILES string of the molecule is CCCC(C)(CO)Cc1sccc1Br. The lowest BCUT2D eigenvalue weighted by molar-refractivity contribution is 0.132. The fourth-order valence-electron chi connectivity index (χ4n) is 1.67. The lowest BCUT2D eigenvalue weighted by atomic mass is 9.83. The third-order valence-electron chi connectivity index (χ3n) is 2.51. The Hall–Kier alpha value is 0.140. The topological polar surface area (TPSA) is 20.2 Å². The molecule has 0 aliphatic heterocycles. The lowest BCUT2D eigenvalue weighted by Crippen LogP contribution is -2.23. The van der Waals surface area contributed by atoms with Crippen LogP contribution in [0.25, 0.3) is 0 Å². The molecule has 1 heterocycles. The molecule has 0 fully saturated rings. The van der Waals surface area contributed by atoms with Crippen LogP contribution in [-0.4, -0.2) is 11.7 Å². The van der Waals surface area contributed by atoms with E-state index in [9.17, 15) is 5.11 Å². The first-order valence-electron chi connectivity index (χ1n) is 4.94. The van der Waals surface area contributed by atoms with Crippen LogP contribution in [0.3, 0.4) is 0 Å². The molecule has 80 valence electrons. The molecule has 0 saturated heterocycles.